The SMILES string of the molecule is CCCOc1ccccc1OCCC(C)CCS(N)(=O)=O. The second-order valence-corrected chi connectivity index (χ2v) is 6.93. The van der Waals surface area contributed by atoms with Crippen LogP contribution in [0.25, 0.3) is 0 Å². The van der Waals surface area contributed by atoms with Crippen LogP contribution in [0.1, 0.15) is 33.1 Å². The molecule has 0 bridgehead atoms. The first-order chi connectivity index (χ1) is 9.92. The van der Waals surface area contributed by atoms with Gasteiger partial charge in [0.05, 0.1) is 19.0 Å². The lowest BCUT2D eigenvalue weighted by Gasteiger charge is -2.14. The molecule has 6 heteroatoms. The van der Waals surface area contributed by atoms with Gasteiger partial charge in [0, 0.05) is 0 Å². The first-order valence-corrected chi connectivity index (χ1v) is 8.99. The van der Waals surface area contributed by atoms with Gasteiger partial charge in [-0.3, -0.25) is 0 Å². The fraction of sp³-hybridized carbons (Fsp3) is 0.600. The molecule has 0 fully saturated rings. The van der Waals surface area contributed by atoms with Crippen LogP contribution in [-0.2, 0) is 10.0 Å². The van der Waals surface area contributed by atoms with Crippen LogP contribution in [0.2, 0.25) is 0 Å². The number of nitrogens with two attached hydrogens (primary N) is 1. The topological polar surface area (TPSA) is 78.6 Å². The van der Waals surface area contributed by atoms with Gasteiger partial charge in [-0.1, -0.05) is 26.0 Å². The average Bonchev–Trinajstić information content (AvgIpc) is 2.43. The summed E-state index contributed by atoms with van der Waals surface area (Å²) in [7, 11) is -3.37. The fourth-order valence-corrected chi connectivity index (χ4v) is 2.51. The molecule has 120 valence electrons. The Morgan fingerprint density at radius 1 is 1.10 bits per heavy atom. The third kappa shape index (κ3) is 7.92. The van der Waals surface area contributed by atoms with Gasteiger partial charge in [0.2, 0.25) is 10.0 Å². The van der Waals surface area contributed by atoms with E-state index in [0.29, 0.717) is 19.6 Å². The molecule has 0 aliphatic rings. The molecule has 1 rings (SSSR count). The third-order valence-electron chi connectivity index (χ3n) is 3.07. The van der Waals surface area contributed by atoms with Crippen molar-refractivity contribution in [2.45, 2.75) is 33.1 Å². The van der Waals surface area contributed by atoms with E-state index in [9.17, 15) is 8.42 Å². The number of para-hydroxylation sites is 2. The van der Waals surface area contributed by atoms with E-state index in [4.69, 9.17) is 14.6 Å². The fourth-order valence-electron chi connectivity index (χ4n) is 1.78. The highest BCUT2D eigenvalue weighted by Crippen LogP contribution is 2.27. The minimum Gasteiger partial charge on any atom is -0.490 e. The summed E-state index contributed by atoms with van der Waals surface area (Å²) in [6.07, 6.45) is 2.27. The van der Waals surface area contributed by atoms with Crippen molar-refractivity contribution >= 4 is 10.0 Å². The van der Waals surface area contributed by atoms with E-state index in [1.807, 2.05) is 31.2 Å². The van der Waals surface area contributed by atoms with Crippen LogP contribution in [0.5, 0.6) is 11.5 Å². The first-order valence-electron chi connectivity index (χ1n) is 7.27. The summed E-state index contributed by atoms with van der Waals surface area (Å²) >= 11 is 0. The van der Waals surface area contributed by atoms with Crippen LogP contribution in [0, 0.1) is 5.92 Å². The van der Waals surface area contributed by atoms with Gasteiger partial charge < -0.3 is 9.47 Å². The van der Waals surface area contributed by atoms with Gasteiger partial charge >= 0.3 is 0 Å². The van der Waals surface area contributed by atoms with Gasteiger partial charge in [0.15, 0.2) is 11.5 Å². The van der Waals surface area contributed by atoms with Crippen LogP contribution in [0.15, 0.2) is 24.3 Å². The van der Waals surface area contributed by atoms with E-state index in [1.165, 1.54) is 0 Å². The Hall–Kier alpha value is -1.27. The standard InChI is InChI=1S/C15H25NO4S/c1-3-10-19-14-6-4-5-7-15(14)20-11-8-13(2)9-12-21(16,17)18/h4-7,13H,3,8-12H2,1-2H3,(H2,16,17,18). The molecule has 1 aromatic carbocycles. The first kappa shape index (κ1) is 17.8. The van der Waals surface area contributed by atoms with Gasteiger partial charge in [-0.25, -0.2) is 13.6 Å². The highest BCUT2D eigenvalue weighted by atomic mass is 32.2. The number of hydrogen-bond acceptors (Lipinski definition) is 4. The molecule has 0 aliphatic carbocycles. The van der Waals surface area contributed by atoms with Crippen molar-refractivity contribution in [3.63, 3.8) is 0 Å². The minimum absolute atomic E-state index is 0.0182. The molecule has 0 saturated heterocycles. The van der Waals surface area contributed by atoms with E-state index >= 15 is 0 Å². The molecule has 0 aromatic heterocycles. The van der Waals surface area contributed by atoms with E-state index in [0.717, 1.165) is 24.3 Å². The molecule has 0 spiro atoms. The molecule has 0 heterocycles. The summed E-state index contributed by atoms with van der Waals surface area (Å²) in [5, 5.41) is 4.99. The maximum Gasteiger partial charge on any atom is 0.209 e. The Labute approximate surface area is 127 Å². The molecule has 2 N–H and O–H groups in total. The van der Waals surface area contributed by atoms with Gasteiger partial charge in [-0.05, 0) is 37.3 Å². The molecule has 0 radical (unpaired) electrons. The predicted octanol–water partition coefficient (Wildman–Crippen LogP) is 2.56. The van der Waals surface area contributed by atoms with Crippen LogP contribution in [0.3, 0.4) is 0 Å². The summed E-state index contributed by atoms with van der Waals surface area (Å²) < 4.78 is 33.2. The minimum atomic E-state index is -3.37. The number of ether oxygens (including phenoxy) is 2. The molecular weight excluding hydrogens is 290 g/mol. The molecule has 0 amide bonds. The Kier molecular flexibility index (Phi) is 7.53. The Morgan fingerprint density at radius 3 is 2.19 bits per heavy atom. The Morgan fingerprint density at radius 2 is 1.67 bits per heavy atom. The second kappa shape index (κ2) is 8.89. The quantitative estimate of drug-likeness (QED) is 0.719. The number of primary sulfonamides is 1. The molecule has 0 saturated carbocycles. The van der Waals surface area contributed by atoms with E-state index in [-0.39, 0.29) is 11.7 Å². The van der Waals surface area contributed by atoms with E-state index in [2.05, 4.69) is 6.92 Å². The van der Waals surface area contributed by atoms with Gasteiger partial charge in [-0.2, -0.15) is 0 Å². The highest BCUT2D eigenvalue weighted by Gasteiger charge is 2.09. The van der Waals surface area contributed by atoms with Crippen molar-refractivity contribution in [2.75, 3.05) is 19.0 Å². The van der Waals surface area contributed by atoms with Gasteiger partial charge in [0.25, 0.3) is 0 Å². The molecule has 1 atom stereocenters. The lowest BCUT2D eigenvalue weighted by Crippen LogP contribution is -2.18. The smallest absolute Gasteiger partial charge is 0.209 e. The van der Waals surface area contributed by atoms with Crippen LogP contribution >= 0.6 is 0 Å². The Bertz CT molecular complexity index is 516. The largest absolute Gasteiger partial charge is 0.490 e. The highest BCUT2D eigenvalue weighted by molar-refractivity contribution is 7.89. The summed E-state index contributed by atoms with van der Waals surface area (Å²) in [6, 6.07) is 7.57. The van der Waals surface area contributed by atoms with Crippen molar-refractivity contribution in [3.05, 3.63) is 24.3 Å². The number of sulfonamides is 1. The molecule has 5 nitrogen and oxygen atoms in total. The Balaban J connectivity index is 2.38. The molecule has 1 unspecified atom stereocenters. The summed E-state index contributed by atoms with van der Waals surface area (Å²) in [5.74, 6) is 1.73. The average molecular weight is 315 g/mol. The van der Waals surface area contributed by atoms with Crippen molar-refractivity contribution in [3.8, 4) is 11.5 Å². The number of benzene rings is 1. The van der Waals surface area contributed by atoms with Crippen molar-refractivity contribution < 1.29 is 17.9 Å². The molecule has 1 aromatic rings. The molecule has 21 heavy (non-hydrogen) atoms. The number of hydrogen-bond donors (Lipinski definition) is 1. The zero-order chi connectivity index (χ0) is 15.7. The van der Waals surface area contributed by atoms with Crippen LogP contribution < -0.4 is 14.6 Å². The molecular formula is C15H25NO4S. The van der Waals surface area contributed by atoms with Crippen LogP contribution in [0.4, 0.5) is 0 Å². The normalized spacial score (nSPS) is 12.9. The lowest BCUT2D eigenvalue weighted by atomic mass is 10.1. The van der Waals surface area contributed by atoms with Gasteiger partial charge in [0.1, 0.15) is 0 Å². The summed E-state index contributed by atoms with van der Waals surface area (Å²) in [4.78, 5) is 0. The van der Waals surface area contributed by atoms with Crippen molar-refractivity contribution in [1.29, 1.82) is 0 Å². The van der Waals surface area contributed by atoms with E-state index < -0.39 is 10.0 Å². The summed E-state index contributed by atoms with van der Waals surface area (Å²) in [6.45, 7) is 5.23. The lowest BCUT2D eigenvalue weighted by molar-refractivity contribution is 0.252. The predicted molar refractivity (Wildman–Crippen MR) is 84.1 cm³/mol. The van der Waals surface area contributed by atoms with E-state index in [1.54, 1.807) is 0 Å². The molecule has 0 aliphatic heterocycles. The van der Waals surface area contributed by atoms with Crippen LogP contribution in [-0.4, -0.2) is 27.4 Å². The maximum atomic E-state index is 10.9. The van der Waals surface area contributed by atoms with Crippen molar-refractivity contribution in [2.24, 2.45) is 11.1 Å². The second-order valence-electron chi connectivity index (χ2n) is 5.19. The third-order valence-corrected chi connectivity index (χ3v) is 3.88. The zero-order valence-electron chi connectivity index (χ0n) is 12.7. The van der Waals surface area contributed by atoms with Crippen molar-refractivity contribution in [1.82, 2.24) is 0 Å². The number of rotatable bonds is 10. The van der Waals surface area contributed by atoms with Gasteiger partial charge in [-0.15, -0.1) is 0 Å². The zero-order valence-corrected chi connectivity index (χ0v) is 13.6. The summed E-state index contributed by atoms with van der Waals surface area (Å²) in [5.41, 5.74) is 0. The maximum absolute atomic E-state index is 10.9. The monoisotopic (exact) mass is 315 g/mol.